The van der Waals surface area contributed by atoms with E-state index in [4.69, 9.17) is 33.3 Å². The van der Waals surface area contributed by atoms with Gasteiger partial charge in [0, 0.05) is 13.6 Å². The Bertz CT molecular complexity index is 938. The van der Waals surface area contributed by atoms with E-state index in [0.29, 0.717) is 59.2 Å². The molecule has 1 fully saturated rings. The lowest BCUT2D eigenvalue weighted by Crippen LogP contribution is -2.32. The molecule has 1 amide bonds. The molecule has 1 aliphatic heterocycles. The van der Waals surface area contributed by atoms with Crippen LogP contribution in [-0.4, -0.2) is 45.5 Å². The zero-order valence-corrected chi connectivity index (χ0v) is 18.1. The minimum Gasteiger partial charge on any atom is -0.490 e. The summed E-state index contributed by atoms with van der Waals surface area (Å²) >= 11 is 11.5. The van der Waals surface area contributed by atoms with Crippen LogP contribution in [0.1, 0.15) is 25.1 Å². The van der Waals surface area contributed by atoms with Crippen LogP contribution < -0.4 is 14.8 Å². The zero-order valence-electron chi connectivity index (χ0n) is 16.6. The summed E-state index contributed by atoms with van der Waals surface area (Å²) < 4.78 is 12.9. The molecule has 1 N–H and O–H groups in total. The Hall–Kier alpha value is -2.58. The number of amides is 1. The molecule has 0 atom stereocenters. The molecular weight excluding hydrogens is 412 g/mol. The molecule has 1 aromatic carbocycles. The van der Waals surface area contributed by atoms with Crippen LogP contribution in [0.15, 0.2) is 30.1 Å². The topological polar surface area (TPSA) is 68.6 Å². The lowest BCUT2D eigenvalue weighted by molar-refractivity contribution is -0.122. The summed E-state index contributed by atoms with van der Waals surface area (Å²) in [5.74, 6) is 1.22. The molecule has 0 radical (unpaired) electrons. The maximum Gasteiger partial charge on any atom is 0.276 e. The molecule has 0 saturated carbocycles. The third-order valence-corrected chi connectivity index (χ3v) is 5.03. The van der Waals surface area contributed by atoms with Gasteiger partial charge in [-0.1, -0.05) is 17.7 Å². The third-order valence-electron chi connectivity index (χ3n) is 4.41. The SMILES string of the molecule is CCOc1ccc(CCN2C(=O)/C(=C\c3c(Cl)cnn3C)NC2=S)cc1OCC. The summed E-state index contributed by atoms with van der Waals surface area (Å²) in [6, 6.07) is 5.80. The summed E-state index contributed by atoms with van der Waals surface area (Å²) in [7, 11) is 1.76. The predicted octanol–water partition coefficient (Wildman–Crippen LogP) is 3.17. The molecule has 154 valence electrons. The fourth-order valence-electron chi connectivity index (χ4n) is 2.99. The van der Waals surface area contributed by atoms with Gasteiger partial charge >= 0.3 is 0 Å². The van der Waals surface area contributed by atoms with E-state index in [1.165, 1.54) is 6.20 Å². The van der Waals surface area contributed by atoms with Crippen LogP contribution >= 0.6 is 23.8 Å². The highest BCUT2D eigenvalue weighted by Crippen LogP contribution is 2.29. The maximum atomic E-state index is 12.8. The summed E-state index contributed by atoms with van der Waals surface area (Å²) in [6.45, 7) is 5.42. The Morgan fingerprint density at radius 1 is 1.24 bits per heavy atom. The second kappa shape index (κ2) is 9.28. The minimum absolute atomic E-state index is 0.191. The van der Waals surface area contributed by atoms with E-state index in [0.717, 1.165) is 5.56 Å². The van der Waals surface area contributed by atoms with Crippen molar-refractivity contribution in [2.45, 2.75) is 20.3 Å². The molecule has 2 aromatic rings. The second-order valence-electron chi connectivity index (χ2n) is 6.34. The quantitative estimate of drug-likeness (QED) is 0.508. The normalized spacial score (nSPS) is 15.2. The lowest BCUT2D eigenvalue weighted by Gasteiger charge is -2.15. The van der Waals surface area contributed by atoms with Crippen molar-refractivity contribution in [1.29, 1.82) is 0 Å². The second-order valence-corrected chi connectivity index (χ2v) is 7.14. The van der Waals surface area contributed by atoms with Gasteiger partial charge in [0.2, 0.25) is 0 Å². The molecule has 29 heavy (non-hydrogen) atoms. The van der Waals surface area contributed by atoms with Gasteiger partial charge in [-0.05, 0) is 56.3 Å². The highest BCUT2D eigenvalue weighted by Gasteiger charge is 2.30. The first kappa shape index (κ1) is 21.1. The number of thiocarbonyl (C=S) groups is 1. The number of nitrogens with zero attached hydrogens (tertiary/aromatic N) is 3. The van der Waals surface area contributed by atoms with E-state index in [1.807, 2.05) is 32.0 Å². The average molecular weight is 435 g/mol. The van der Waals surface area contributed by atoms with Crippen molar-refractivity contribution in [2.75, 3.05) is 19.8 Å². The van der Waals surface area contributed by atoms with Crippen LogP contribution in [0.3, 0.4) is 0 Å². The van der Waals surface area contributed by atoms with E-state index in [9.17, 15) is 4.79 Å². The molecule has 3 rings (SSSR count). The molecule has 9 heteroatoms. The first-order valence-corrected chi connectivity index (χ1v) is 10.1. The average Bonchev–Trinajstić information content (AvgIpc) is 3.15. The van der Waals surface area contributed by atoms with Crippen molar-refractivity contribution >= 4 is 40.9 Å². The summed E-state index contributed by atoms with van der Waals surface area (Å²) in [4.78, 5) is 14.3. The summed E-state index contributed by atoms with van der Waals surface area (Å²) in [5.41, 5.74) is 2.04. The number of hydrogen-bond acceptors (Lipinski definition) is 5. The molecule has 0 spiro atoms. The first-order valence-electron chi connectivity index (χ1n) is 9.35. The number of rotatable bonds is 8. The monoisotopic (exact) mass is 434 g/mol. The van der Waals surface area contributed by atoms with Crippen LogP contribution in [-0.2, 0) is 18.3 Å². The smallest absolute Gasteiger partial charge is 0.276 e. The van der Waals surface area contributed by atoms with Gasteiger partial charge in [-0.25, -0.2) is 0 Å². The predicted molar refractivity (Wildman–Crippen MR) is 116 cm³/mol. The standard InChI is InChI=1S/C20H23ClN4O3S/c1-4-27-17-7-6-13(10-18(17)28-5-2)8-9-25-19(26)15(23-20(25)29)11-16-14(21)12-22-24(16)3/h6-7,10-12H,4-5,8-9H2,1-3H3,(H,23,29)/b15-11+. The van der Waals surface area contributed by atoms with Gasteiger partial charge in [0.25, 0.3) is 5.91 Å². The molecule has 0 aliphatic carbocycles. The summed E-state index contributed by atoms with van der Waals surface area (Å²) in [6.07, 6.45) is 3.82. The number of ether oxygens (including phenoxy) is 2. The molecule has 0 bridgehead atoms. The van der Waals surface area contributed by atoms with Gasteiger partial charge in [-0.2, -0.15) is 5.10 Å². The van der Waals surface area contributed by atoms with Gasteiger partial charge in [-0.15, -0.1) is 0 Å². The van der Waals surface area contributed by atoms with Crippen molar-refractivity contribution in [3.63, 3.8) is 0 Å². The molecule has 7 nitrogen and oxygen atoms in total. The van der Waals surface area contributed by atoms with Gasteiger partial charge in [0.1, 0.15) is 5.70 Å². The van der Waals surface area contributed by atoms with Crippen molar-refractivity contribution < 1.29 is 14.3 Å². The largest absolute Gasteiger partial charge is 0.490 e. The van der Waals surface area contributed by atoms with E-state index in [1.54, 1.807) is 22.7 Å². The Morgan fingerprint density at radius 2 is 1.97 bits per heavy atom. The first-order chi connectivity index (χ1) is 13.9. The molecular formula is C20H23ClN4O3S. The molecule has 2 heterocycles. The number of halogens is 1. The van der Waals surface area contributed by atoms with Crippen LogP contribution in [0.5, 0.6) is 11.5 Å². The molecule has 1 aliphatic rings. The maximum absolute atomic E-state index is 12.8. The van der Waals surface area contributed by atoms with Crippen molar-refractivity contribution in [3.8, 4) is 11.5 Å². The fourth-order valence-corrected chi connectivity index (χ4v) is 3.49. The van der Waals surface area contributed by atoms with Gasteiger partial charge < -0.3 is 14.8 Å². The van der Waals surface area contributed by atoms with E-state index in [-0.39, 0.29) is 5.91 Å². The Labute approximate surface area is 180 Å². The molecule has 1 saturated heterocycles. The summed E-state index contributed by atoms with van der Waals surface area (Å²) in [5, 5.41) is 7.88. The number of benzene rings is 1. The van der Waals surface area contributed by atoms with Gasteiger partial charge in [0.15, 0.2) is 16.6 Å². The van der Waals surface area contributed by atoms with Gasteiger partial charge in [-0.3, -0.25) is 14.4 Å². The van der Waals surface area contributed by atoms with Crippen LogP contribution in [0, 0.1) is 0 Å². The molecule has 0 unspecified atom stereocenters. The van der Waals surface area contributed by atoms with Crippen molar-refractivity contribution in [3.05, 3.63) is 46.4 Å². The fraction of sp³-hybridized carbons (Fsp3) is 0.350. The lowest BCUT2D eigenvalue weighted by atomic mass is 10.1. The van der Waals surface area contributed by atoms with Crippen molar-refractivity contribution in [2.24, 2.45) is 7.05 Å². The number of aromatic nitrogens is 2. The minimum atomic E-state index is -0.191. The number of carbonyl (C=O) groups excluding carboxylic acids is 1. The van der Waals surface area contributed by atoms with Gasteiger partial charge in [0.05, 0.1) is 30.1 Å². The van der Waals surface area contributed by atoms with E-state index in [2.05, 4.69) is 10.4 Å². The molecule has 1 aromatic heterocycles. The third kappa shape index (κ3) is 4.71. The Kier molecular flexibility index (Phi) is 6.76. The van der Waals surface area contributed by atoms with E-state index >= 15 is 0 Å². The highest BCUT2D eigenvalue weighted by molar-refractivity contribution is 7.80. The number of carbonyl (C=O) groups is 1. The highest BCUT2D eigenvalue weighted by atomic mass is 35.5. The van der Waals surface area contributed by atoms with Crippen molar-refractivity contribution in [1.82, 2.24) is 20.0 Å². The van der Waals surface area contributed by atoms with Crippen LogP contribution in [0.25, 0.3) is 6.08 Å². The Morgan fingerprint density at radius 3 is 2.62 bits per heavy atom. The number of nitrogens with one attached hydrogen (secondary N) is 1. The van der Waals surface area contributed by atoms with Crippen LogP contribution in [0.4, 0.5) is 0 Å². The number of aryl methyl sites for hydroxylation is 1. The Balaban J connectivity index is 1.72. The number of hydrogen-bond donors (Lipinski definition) is 1. The zero-order chi connectivity index (χ0) is 21.0. The van der Waals surface area contributed by atoms with E-state index < -0.39 is 0 Å². The van der Waals surface area contributed by atoms with Crippen LogP contribution in [0.2, 0.25) is 5.02 Å².